The molecule has 0 bridgehead atoms. The molecular weight excluding hydrogens is 218 g/mol. The molecule has 1 heterocycles. The topological polar surface area (TPSA) is 12.9 Å². The number of hydrogen-bond acceptors (Lipinski definition) is 1. The van der Waals surface area contributed by atoms with Crippen molar-refractivity contribution in [1.82, 2.24) is 4.98 Å². The van der Waals surface area contributed by atoms with Gasteiger partial charge < -0.3 is 0 Å². The van der Waals surface area contributed by atoms with Gasteiger partial charge in [0.05, 0.1) is 5.69 Å². The van der Waals surface area contributed by atoms with Crippen molar-refractivity contribution in [2.24, 2.45) is 0 Å². The molecule has 3 rings (SSSR count). The fourth-order valence-corrected chi connectivity index (χ4v) is 3.34. The average Bonchev–Trinajstić information content (AvgIpc) is 2.60. The first-order valence-corrected chi connectivity index (χ1v) is 6.66. The van der Waals surface area contributed by atoms with Gasteiger partial charge in [0, 0.05) is 17.2 Å². The van der Waals surface area contributed by atoms with Crippen LogP contribution < -0.4 is 0 Å². The van der Waals surface area contributed by atoms with Crippen molar-refractivity contribution in [2.45, 2.75) is 39.5 Å². The number of hydrogen-bond donors (Lipinski definition) is 0. The molecule has 0 unspecified atom stereocenters. The first-order valence-electron chi connectivity index (χ1n) is 6.66. The van der Waals surface area contributed by atoms with Gasteiger partial charge in [-0.2, -0.15) is 0 Å². The second-order valence-electron chi connectivity index (χ2n) is 5.66. The number of fused-ring (bicyclic) bond motifs is 3. The summed E-state index contributed by atoms with van der Waals surface area (Å²) in [5.74, 6) is 0. The maximum atomic E-state index is 4.73. The number of nitrogens with zero attached hydrogens (tertiary/aromatic N) is 1. The van der Waals surface area contributed by atoms with E-state index >= 15 is 0 Å². The van der Waals surface area contributed by atoms with E-state index in [1.54, 1.807) is 0 Å². The Labute approximate surface area is 109 Å². The Morgan fingerprint density at radius 3 is 2.61 bits per heavy atom. The van der Waals surface area contributed by atoms with Gasteiger partial charge in [-0.05, 0) is 35.6 Å². The molecule has 0 N–H and O–H groups in total. The molecule has 1 aliphatic rings. The molecule has 1 nitrogen and oxygen atoms in total. The number of pyridine rings is 1. The highest BCUT2D eigenvalue weighted by Crippen LogP contribution is 2.49. The Hall–Kier alpha value is -1.63. The predicted molar refractivity (Wildman–Crippen MR) is 75.9 cm³/mol. The number of benzene rings is 1. The molecule has 0 amide bonds. The van der Waals surface area contributed by atoms with E-state index in [0.29, 0.717) is 0 Å². The monoisotopic (exact) mass is 237 g/mol. The number of aromatic nitrogens is 1. The highest BCUT2D eigenvalue weighted by atomic mass is 14.7. The van der Waals surface area contributed by atoms with Crippen molar-refractivity contribution in [3.05, 3.63) is 52.7 Å². The van der Waals surface area contributed by atoms with Crippen LogP contribution in [0.1, 0.15) is 43.0 Å². The predicted octanol–water partition coefficient (Wildman–Crippen LogP) is 4.26. The molecule has 18 heavy (non-hydrogen) atoms. The summed E-state index contributed by atoms with van der Waals surface area (Å²) in [7, 11) is 0. The summed E-state index contributed by atoms with van der Waals surface area (Å²) in [4.78, 5) is 4.73. The average molecular weight is 237 g/mol. The van der Waals surface area contributed by atoms with Gasteiger partial charge in [-0.15, -0.1) is 0 Å². The van der Waals surface area contributed by atoms with Gasteiger partial charge in [-0.3, -0.25) is 4.98 Å². The van der Waals surface area contributed by atoms with E-state index in [0.717, 1.165) is 6.42 Å². The van der Waals surface area contributed by atoms with Gasteiger partial charge in [0.2, 0.25) is 0 Å². The first-order chi connectivity index (χ1) is 8.57. The quantitative estimate of drug-likeness (QED) is 0.722. The van der Waals surface area contributed by atoms with Crippen LogP contribution in [0.25, 0.3) is 11.3 Å². The van der Waals surface area contributed by atoms with Gasteiger partial charge >= 0.3 is 0 Å². The van der Waals surface area contributed by atoms with Crippen LogP contribution in [0.5, 0.6) is 0 Å². The van der Waals surface area contributed by atoms with Crippen molar-refractivity contribution in [1.29, 1.82) is 0 Å². The molecule has 2 aromatic rings. The molecule has 1 heteroatoms. The zero-order valence-corrected chi connectivity index (χ0v) is 11.5. The normalized spacial score (nSPS) is 15.3. The van der Waals surface area contributed by atoms with E-state index in [1.165, 1.54) is 33.5 Å². The fourth-order valence-electron chi connectivity index (χ4n) is 3.34. The minimum absolute atomic E-state index is 0.0776. The molecule has 0 spiro atoms. The number of aryl methyl sites for hydroxylation is 1. The summed E-state index contributed by atoms with van der Waals surface area (Å²) in [6.07, 6.45) is 3.10. The summed E-state index contributed by atoms with van der Waals surface area (Å²) >= 11 is 0. The second kappa shape index (κ2) is 3.68. The third kappa shape index (κ3) is 1.30. The van der Waals surface area contributed by atoms with E-state index < -0.39 is 0 Å². The van der Waals surface area contributed by atoms with Crippen LogP contribution in [-0.4, -0.2) is 4.98 Å². The van der Waals surface area contributed by atoms with Crippen LogP contribution in [0.3, 0.4) is 0 Å². The molecule has 1 aromatic carbocycles. The standard InChI is InChI=1S/C17H19N/c1-5-12-10-18-16-13-8-6-7-9-14(13)17(3,4)15(16)11(12)2/h6-10H,5H2,1-4H3. The summed E-state index contributed by atoms with van der Waals surface area (Å²) in [5.41, 5.74) is 8.19. The van der Waals surface area contributed by atoms with Crippen molar-refractivity contribution in [3.63, 3.8) is 0 Å². The summed E-state index contributed by atoms with van der Waals surface area (Å²) in [6, 6.07) is 8.67. The molecule has 0 radical (unpaired) electrons. The molecule has 0 fully saturated rings. The minimum Gasteiger partial charge on any atom is -0.256 e. The van der Waals surface area contributed by atoms with Crippen molar-refractivity contribution in [2.75, 3.05) is 0 Å². The summed E-state index contributed by atoms with van der Waals surface area (Å²) < 4.78 is 0. The SMILES string of the molecule is CCc1cnc2c(c1C)C(C)(C)c1ccccc1-2. The summed E-state index contributed by atoms with van der Waals surface area (Å²) in [5, 5.41) is 0. The molecule has 92 valence electrons. The van der Waals surface area contributed by atoms with E-state index in [-0.39, 0.29) is 5.41 Å². The van der Waals surface area contributed by atoms with Gasteiger partial charge in [0.1, 0.15) is 0 Å². The Kier molecular flexibility index (Phi) is 2.34. The van der Waals surface area contributed by atoms with Crippen LogP contribution in [0.15, 0.2) is 30.5 Å². The maximum Gasteiger partial charge on any atom is 0.0748 e. The Morgan fingerprint density at radius 1 is 1.17 bits per heavy atom. The molecule has 1 aliphatic carbocycles. The lowest BCUT2D eigenvalue weighted by Crippen LogP contribution is -2.17. The Bertz CT molecular complexity index is 624. The molecule has 0 saturated heterocycles. The molecular formula is C17H19N. The van der Waals surface area contributed by atoms with E-state index in [4.69, 9.17) is 4.98 Å². The minimum atomic E-state index is 0.0776. The van der Waals surface area contributed by atoms with Crippen LogP contribution in [-0.2, 0) is 11.8 Å². The summed E-state index contributed by atoms with van der Waals surface area (Å²) in [6.45, 7) is 9.07. The van der Waals surface area contributed by atoms with E-state index in [2.05, 4.69) is 52.0 Å². The van der Waals surface area contributed by atoms with E-state index in [9.17, 15) is 0 Å². The van der Waals surface area contributed by atoms with Crippen LogP contribution in [0.4, 0.5) is 0 Å². The fraction of sp³-hybridized carbons (Fsp3) is 0.353. The maximum absolute atomic E-state index is 4.73. The molecule has 0 aliphatic heterocycles. The molecule has 0 saturated carbocycles. The third-order valence-electron chi connectivity index (χ3n) is 4.30. The van der Waals surface area contributed by atoms with Crippen LogP contribution in [0, 0.1) is 6.92 Å². The zero-order valence-electron chi connectivity index (χ0n) is 11.5. The lowest BCUT2D eigenvalue weighted by Gasteiger charge is -2.23. The lowest BCUT2D eigenvalue weighted by molar-refractivity contribution is 0.652. The smallest absolute Gasteiger partial charge is 0.0748 e. The largest absolute Gasteiger partial charge is 0.256 e. The highest BCUT2D eigenvalue weighted by Gasteiger charge is 2.37. The molecule has 1 aromatic heterocycles. The highest BCUT2D eigenvalue weighted by molar-refractivity contribution is 5.79. The zero-order chi connectivity index (χ0) is 12.9. The van der Waals surface area contributed by atoms with Crippen molar-refractivity contribution >= 4 is 0 Å². The van der Waals surface area contributed by atoms with Gasteiger partial charge in [0.15, 0.2) is 0 Å². The van der Waals surface area contributed by atoms with Gasteiger partial charge in [-0.1, -0.05) is 45.0 Å². The Balaban J connectivity index is 2.38. The van der Waals surface area contributed by atoms with E-state index in [1.807, 2.05) is 6.20 Å². The second-order valence-corrected chi connectivity index (χ2v) is 5.66. The van der Waals surface area contributed by atoms with Gasteiger partial charge in [-0.25, -0.2) is 0 Å². The van der Waals surface area contributed by atoms with Crippen LogP contribution in [0.2, 0.25) is 0 Å². The lowest BCUT2D eigenvalue weighted by atomic mass is 9.80. The Morgan fingerprint density at radius 2 is 1.89 bits per heavy atom. The first kappa shape index (κ1) is 11.5. The van der Waals surface area contributed by atoms with Crippen molar-refractivity contribution < 1.29 is 0 Å². The molecule has 0 atom stereocenters. The van der Waals surface area contributed by atoms with Crippen LogP contribution >= 0.6 is 0 Å². The third-order valence-corrected chi connectivity index (χ3v) is 4.30. The van der Waals surface area contributed by atoms with Gasteiger partial charge in [0.25, 0.3) is 0 Å². The number of rotatable bonds is 1. The van der Waals surface area contributed by atoms with Crippen molar-refractivity contribution in [3.8, 4) is 11.3 Å².